The fourth-order valence-electron chi connectivity index (χ4n) is 2.41. The highest BCUT2D eigenvalue weighted by Gasteiger charge is 2.23. The van der Waals surface area contributed by atoms with E-state index in [9.17, 15) is 4.79 Å². The molecule has 2 unspecified atom stereocenters. The van der Waals surface area contributed by atoms with Crippen molar-refractivity contribution in [3.8, 4) is 0 Å². The number of nitrogens with one attached hydrogen (secondary N) is 2. The summed E-state index contributed by atoms with van der Waals surface area (Å²) in [6.07, 6.45) is 2.54. The third-order valence-corrected chi connectivity index (χ3v) is 3.64. The maximum atomic E-state index is 11.8. The molecule has 0 bridgehead atoms. The topological polar surface area (TPSA) is 44.4 Å². The zero-order valence-corrected chi connectivity index (χ0v) is 12.3. The molecular weight excluding hydrogens is 226 g/mol. The minimum atomic E-state index is -0.0944. The summed E-state index contributed by atoms with van der Waals surface area (Å²) in [5, 5.41) is 6.33. The molecule has 0 radical (unpaired) electrons. The van der Waals surface area contributed by atoms with Gasteiger partial charge in [-0.1, -0.05) is 20.8 Å². The van der Waals surface area contributed by atoms with Crippen molar-refractivity contribution >= 4 is 5.91 Å². The Morgan fingerprint density at radius 2 is 2.11 bits per heavy atom. The van der Waals surface area contributed by atoms with Crippen LogP contribution < -0.4 is 10.6 Å². The molecule has 1 saturated heterocycles. The number of hydrogen-bond donors (Lipinski definition) is 2. The van der Waals surface area contributed by atoms with Gasteiger partial charge in [0.05, 0.1) is 6.04 Å². The molecule has 1 aliphatic rings. The second kappa shape index (κ2) is 7.74. The summed E-state index contributed by atoms with van der Waals surface area (Å²) >= 11 is 0. The predicted molar refractivity (Wildman–Crippen MR) is 75.6 cm³/mol. The third kappa shape index (κ3) is 4.94. The molecule has 4 heteroatoms. The van der Waals surface area contributed by atoms with E-state index in [1.54, 1.807) is 0 Å². The molecule has 0 aromatic rings. The van der Waals surface area contributed by atoms with Crippen LogP contribution in [0.4, 0.5) is 0 Å². The largest absolute Gasteiger partial charge is 0.354 e. The van der Waals surface area contributed by atoms with Gasteiger partial charge in [0, 0.05) is 19.1 Å². The van der Waals surface area contributed by atoms with Crippen LogP contribution in [0.1, 0.15) is 40.5 Å². The molecule has 1 amide bonds. The lowest BCUT2D eigenvalue weighted by Gasteiger charge is -2.24. The molecule has 0 aromatic carbocycles. The SMILES string of the molecule is CCN1CCCC1CNC(C)C(=O)NCC(C)C. The Hall–Kier alpha value is -0.610. The molecule has 106 valence electrons. The summed E-state index contributed by atoms with van der Waals surface area (Å²) in [4.78, 5) is 14.3. The van der Waals surface area contributed by atoms with Crippen molar-refractivity contribution in [2.24, 2.45) is 5.92 Å². The van der Waals surface area contributed by atoms with Crippen molar-refractivity contribution < 1.29 is 4.79 Å². The molecule has 1 fully saturated rings. The van der Waals surface area contributed by atoms with Crippen LogP contribution in [0.2, 0.25) is 0 Å². The van der Waals surface area contributed by atoms with Crippen LogP contribution >= 0.6 is 0 Å². The highest BCUT2D eigenvalue weighted by atomic mass is 16.2. The van der Waals surface area contributed by atoms with Gasteiger partial charge in [-0.2, -0.15) is 0 Å². The first kappa shape index (κ1) is 15.4. The van der Waals surface area contributed by atoms with E-state index in [2.05, 4.69) is 36.3 Å². The van der Waals surface area contributed by atoms with Crippen molar-refractivity contribution in [2.75, 3.05) is 26.2 Å². The first-order valence-electron chi connectivity index (χ1n) is 7.29. The predicted octanol–water partition coefficient (Wildman–Crippen LogP) is 1.22. The minimum Gasteiger partial charge on any atom is -0.354 e. The zero-order chi connectivity index (χ0) is 13.5. The molecule has 18 heavy (non-hydrogen) atoms. The number of nitrogens with zero attached hydrogens (tertiary/aromatic N) is 1. The molecule has 1 heterocycles. The van der Waals surface area contributed by atoms with Gasteiger partial charge < -0.3 is 10.6 Å². The number of likely N-dealkylation sites (N-methyl/N-ethyl adjacent to an activating group) is 1. The van der Waals surface area contributed by atoms with Gasteiger partial charge in [-0.25, -0.2) is 0 Å². The molecule has 0 aliphatic carbocycles. The standard InChI is InChI=1S/C14H29N3O/c1-5-17-8-6-7-13(17)10-15-12(4)14(18)16-9-11(2)3/h11-13,15H,5-10H2,1-4H3,(H,16,18). The fraction of sp³-hybridized carbons (Fsp3) is 0.929. The average molecular weight is 255 g/mol. The van der Waals surface area contributed by atoms with E-state index in [0.717, 1.165) is 19.6 Å². The summed E-state index contributed by atoms with van der Waals surface area (Å²) in [6, 6.07) is 0.512. The van der Waals surface area contributed by atoms with Crippen molar-refractivity contribution in [1.82, 2.24) is 15.5 Å². The fourth-order valence-corrected chi connectivity index (χ4v) is 2.41. The number of carbonyl (C=O) groups is 1. The lowest BCUT2D eigenvalue weighted by Crippen LogP contribution is -2.47. The monoisotopic (exact) mass is 255 g/mol. The van der Waals surface area contributed by atoms with E-state index in [1.165, 1.54) is 19.4 Å². The van der Waals surface area contributed by atoms with Gasteiger partial charge in [-0.05, 0) is 38.8 Å². The number of hydrogen-bond acceptors (Lipinski definition) is 3. The highest BCUT2D eigenvalue weighted by Crippen LogP contribution is 2.15. The van der Waals surface area contributed by atoms with Gasteiger partial charge in [-0.3, -0.25) is 9.69 Å². The van der Waals surface area contributed by atoms with Crippen LogP contribution in [0.15, 0.2) is 0 Å². The number of likely N-dealkylation sites (tertiary alicyclic amines) is 1. The summed E-state index contributed by atoms with van der Waals surface area (Å²) in [7, 11) is 0. The van der Waals surface area contributed by atoms with Crippen molar-refractivity contribution in [3.05, 3.63) is 0 Å². The summed E-state index contributed by atoms with van der Waals surface area (Å²) in [5.74, 6) is 0.622. The number of carbonyl (C=O) groups excluding carboxylic acids is 1. The van der Waals surface area contributed by atoms with Gasteiger partial charge in [0.2, 0.25) is 5.91 Å². The molecular formula is C14H29N3O. The number of rotatable bonds is 7. The van der Waals surface area contributed by atoms with Crippen molar-refractivity contribution in [2.45, 2.75) is 52.6 Å². The second-order valence-corrected chi connectivity index (χ2v) is 5.69. The van der Waals surface area contributed by atoms with Gasteiger partial charge >= 0.3 is 0 Å². The van der Waals surface area contributed by atoms with Crippen LogP contribution in [0.5, 0.6) is 0 Å². The van der Waals surface area contributed by atoms with E-state index >= 15 is 0 Å². The van der Waals surface area contributed by atoms with Gasteiger partial charge in [-0.15, -0.1) is 0 Å². The maximum Gasteiger partial charge on any atom is 0.236 e. The van der Waals surface area contributed by atoms with Gasteiger partial charge in [0.1, 0.15) is 0 Å². The van der Waals surface area contributed by atoms with Crippen LogP contribution in [0.25, 0.3) is 0 Å². The number of amides is 1. The van der Waals surface area contributed by atoms with E-state index < -0.39 is 0 Å². The first-order valence-corrected chi connectivity index (χ1v) is 7.29. The molecule has 0 aromatic heterocycles. The van der Waals surface area contributed by atoms with Crippen LogP contribution in [-0.4, -0.2) is 49.1 Å². The Balaban J connectivity index is 2.23. The third-order valence-electron chi connectivity index (χ3n) is 3.64. The average Bonchev–Trinajstić information content (AvgIpc) is 2.80. The lowest BCUT2D eigenvalue weighted by atomic mass is 10.2. The molecule has 2 atom stereocenters. The van der Waals surface area contributed by atoms with Crippen LogP contribution in [-0.2, 0) is 4.79 Å². The highest BCUT2D eigenvalue weighted by molar-refractivity contribution is 5.81. The Kier molecular flexibility index (Phi) is 6.65. The van der Waals surface area contributed by atoms with E-state index in [-0.39, 0.29) is 11.9 Å². The Labute approximate surface area is 111 Å². The molecule has 4 nitrogen and oxygen atoms in total. The van der Waals surface area contributed by atoms with Gasteiger partial charge in [0.25, 0.3) is 0 Å². The van der Waals surface area contributed by atoms with E-state index in [4.69, 9.17) is 0 Å². The Bertz CT molecular complexity index is 255. The summed E-state index contributed by atoms with van der Waals surface area (Å²) in [6.45, 7) is 12.4. The lowest BCUT2D eigenvalue weighted by molar-refractivity contribution is -0.122. The van der Waals surface area contributed by atoms with Crippen LogP contribution in [0.3, 0.4) is 0 Å². The van der Waals surface area contributed by atoms with Gasteiger partial charge in [0.15, 0.2) is 0 Å². The normalized spacial score (nSPS) is 22.4. The molecule has 1 aliphatic heterocycles. The van der Waals surface area contributed by atoms with E-state index in [1.807, 2.05) is 6.92 Å². The van der Waals surface area contributed by atoms with E-state index in [0.29, 0.717) is 12.0 Å². The maximum absolute atomic E-state index is 11.8. The smallest absolute Gasteiger partial charge is 0.236 e. The summed E-state index contributed by atoms with van der Waals surface area (Å²) in [5.41, 5.74) is 0. The van der Waals surface area contributed by atoms with Crippen LogP contribution in [0, 0.1) is 5.92 Å². The zero-order valence-electron chi connectivity index (χ0n) is 12.3. The summed E-state index contributed by atoms with van der Waals surface area (Å²) < 4.78 is 0. The molecule has 0 spiro atoms. The molecule has 0 saturated carbocycles. The van der Waals surface area contributed by atoms with Crippen molar-refractivity contribution in [1.29, 1.82) is 0 Å². The molecule has 1 rings (SSSR count). The minimum absolute atomic E-state index is 0.0944. The molecule has 2 N–H and O–H groups in total. The second-order valence-electron chi connectivity index (χ2n) is 5.69. The Morgan fingerprint density at radius 1 is 1.39 bits per heavy atom. The Morgan fingerprint density at radius 3 is 2.72 bits per heavy atom. The van der Waals surface area contributed by atoms with Crippen molar-refractivity contribution in [3.63, 3.8) is 0 Å². The quantitative estimate of drug-likeness (QED) is 0.719. The first-order chi connectivity index (χ1) is 8.54.